The van der Waals surface area contributed by atoms with Crippen molar-refractivity contribution in [3.05, 3.63) is 65.2 Å². The van der Waals surface area contributed by atoms with Crippen LogP contribution in [0.25, 0.3) is 0 Å². The smallest absolute Gasteiger partial charge is 0.335 e. The van der Waals surface area contributed by atoms with Crippen LogP contribution in [0.4, 0.5) is 0 Å². The van der Waals surface area contributed by atoms with E-state index in [1.807, 2.05) is 30.3 Å². The minimum atomic E-state index is -1.08. The van der Waals surface area contributed by atoms with E-state index < -0.39 is 11.6 Å². The highest BCUT2D eigenvalue weighted by Crippen LogP contribution is 2.25. The van der Waals surface area contributed by atoms with Crippen LogP contribution in [-0.4, -0.2) is 37.7 Å². The van der Waals surface area contributed by atoms with E-state index in [1.165, 1.54) is 26.4 Å². The molecule has 0 saturated heterocycles. The Labute approximate surface area is 152 Å². The predicted molar refractivity (Wildman–Crippen MR) is 97.5 cm³/mol. The summed E-state index contributed by atoms with van der Waals surface area (Å²) in [5, 5.41) is 11.9. The van der Waals surface area contributed by atoms with Gasteiger partial charge in [0.1, 0.15) is 5.75 Å². The lowest BCUT2D eigenvalue weighted by Crippen LogP contribution is -2.44. The molecule has 0 spiro atoms. The van der Waals surface area contributed by atoms with Crippen LogP contribution in [0.15, 0.2) is 48.5 Å². The number of carboxylic acid groups (broad SMARTS) is 1. The van der Waals surface area contributed by atoms with Gasteiger partial charge in [0.25, 0.3) is 5.91 Å². The lowest BCUT2D eigenvalue weighted by molar-refractivity contribution is -0.142. The number of hydrogen-bond donors (Lipinski definition) is 2. The Morgan fingerprint density at radius 1 is 1.12 bits per heavy atom. The zero-order valence-corrected chi connectivity index (χ0v) is 15.1. The number of amides is 1. The molecule has 6 nitrogen and oxygen atoms in total. The maximum Gasteiger partial charge on any atom is 0.335 e. The third-order valence-corrected chi connectivity index (χ3v) is 4.38. The number of carbonyl (C=O) groups excluding carboxylic acids is 1. The Morgan fingerprint density at radius 2 is 1.81 bits per heavy atom. The van der Waals surface area contributed by atoms with E-state index in [2.05, 4.69) is 5.32 Å². The molecule has 2 rings (SSSR count). The number of carbonyl (C=O) groups is 2. The molecule has 6 heteroatoms. The van der Waals surface area contributed by atoms with Crippen LogP contribution in [0, 0.1) is 0 Å². The lowest BCUT2D eigenvalue weighted by Gasteiger charge is -2.27. The standard InChI is InChI=1S/C20H23NO5/c1-20(26-3,16-7-5-4-6-8-16)19(24)21-12-11-14-9-10-15(18(22)23)13-17(14)25-2/h4-10,13H,11-12H2,1-3H3,(H,21,24)(H,22,23). The normalized spacial score (nSPS) is 12.9. The summed E-state index contributed by atoms with van der Waals surface area (Å²) in [5.41, 5.74) is 0.657. The molecule has 0 heterocycles. The molecule has 0 saturated carbocycles. The highest BCUT2D eigenvalue weighted by molar-refractivity contribution is 5.88. The van der Waals surface area contributed by atoms with E-state index in [0.717, 1.165) is 11.1 Å². The van der Waals surface area contributed by atoms with E-state index in [-0.39, 0.29) is 11.5 Å². The van der Waals surface area contributed by atoms with Crippen molar-refractivity contribution in [3.63, 3.8) is 0 Å². The fourth-order valence-corrected chi connectivity index (χ4v) is 2.66. The lowest BCUT2D eigenvalue weighted by atomic mass is 9.94. The van der Waals surface area contributed by atoms with Gasteiger partial charge in [-0.05, 0) is 36.6 Å². The number of aromatic carboxylic acids is 1. The molecule has 2 N–H and O–H groups in total. The maximum absolute atomic E-state index is 12.6. The molecule has 26 heavy (non-hydrogen) atoms. The van der Waals surface area contributed by atoms with Gasteiger partial charge in [-0.3, -0.25) is 4.79 Å². The SMILES string of the molecule is COc1cc(C(=O)O)ccc1CCNC(=O)C(C)(OC)c1ccccc1. The monoisotopic (exact) mass is 357 g/mol. The van der Waals surface area contributed by atoms with Crippen molar-refractivity contribution in [2.75, 3.05) is 20.8 Å². The van der Waals surface area contributed by atoms with E-state index in [4.69, 9.17) is 14.6 Å². The molecule has 0 aliphatic carbocycles. The van der Waals surface area contributed by atoms with Crippen molar-refractivity contribution in [2.24, 2.45) is 0 Å². The number of methoxy groups -OCH3 is 2. The number of hydrogen-bond acceptors (Lipinski definition) is 4. The van der Waals surface area contributed by atoms with Crippen LogP contribution in [0.1, 0.15) is 28.4 Å². The third-order valence-electron chi connectivity index (χ3n) is 4.38. The second-order valence-electron chi connectivity index (χ2n) is 5.94. The van der Waals surface area contributed by atoms with Crippen LogP contribution in [0.5, 0.6) is 5.75 Å². The Morgan fingerprint density at radius 3 is 2.38 bits per heavy atom. The molecular weight excluding hydrogens is 334 g/mol. The van der Waals surface area contributed by atoms with Gasteiger partial charge in [-0.1, -0.05) is 36.4 Å². The number of carboxylic acids is 1. The average Bonchev–Trinajstić information content (AvgIpc) is 2.67. The molecule has 2 aromatic rings. The highest BCUT2D eigenvalue weighted by atomic mass is 16.5. The minimum Gasteiger partial charge on any atom is -0.496 e. The molecule has 2 aromatic carbocycles. The fourth-order valence-electron chi connectivity index (χ4n) is 2.66. The number of rotatable bonds is 8. The van der Waals surface area contributed by atoms with Crippen molar-refractivity contribution >= 4 is 11.9 Å². The van der Waals surface area contributed by atoms with Crippen molar-refractivity contribution < 1.29 is 24.2 Å². The molecular formula is C20H23NO5. The topological polar surface area (TPSA) is 84.9 Å². The van der Waals surface area contributed by atoms with E-state index in [9.17, 15) is 9.59 Å². The molecule has 0 bridgehead atoms. The minimum absolute atomic E-state index is 0.158. The summed E-state index contributed by atoms with van der Waals surface area (Å²) in [6.07, 6.45) is 0.503. The zero-order valence-electron chi connectivity index (χ0n) is 15.1. The zero-order chi connectivity index (χ0) is 19.2. The predicted octanol–water partition coefficient (Wildman–Crippen LogP) is 2.61. The summed E-state index contributed by atoms with van der Waals surface area (Å²) < 4.78 is 10.7. The van der Waals surface area contributed by atoms with Gasteiger partial charge in [-0.25, -0.2) is 4.79 Å². The van der Waals surface area contributed by atoms with Crippen LogP contribution >= 0.6 is 0 Å². The molecule has 0 radical (unpaired) electrons. The first kappa shape index (κ1) is 19.5. The van der Waals surface area contributed by atoms with Gasteiger partial charge in [0.05, 0.1) is 12.7 Å². The molecule has 0 aromatic heterocycles. The average molecular weight is 357 g/mol. The van der Waals surface area contributed by atoms with Crippen molar-refractivity contribution in [2.45, 2.75) is 18.9 Å². The van der Waals surface area contributed by atoms with Crippen LogP contribution in [-0.2, 0) is 21.6 Å². The Hall–Kier alpha value is -2.86. The van der Waals surface area contributed by atoms with E-state index >= 15 is 0 Å². The van der Waals surface area contributed by atoms with Gasteiger partial charge in [0.15, 0.2) is 5.60 Å². The molecule has 0 aliphatic rings. The first-order valence-electron chi connectivity index (χ1n) is 8.21. The van der Waals surface area contributed by atoms with Gasteiger partial charge in [-0.15, -0.1) is 0 Å². The second kappa shape index (κ2) is 8.49. The Balaban J connectivity index is 2.05. The molecule has 1 atom stereocenters. The molecule has 138 valence electrons. The number of nitrogens with one attached hydrogen (secondary N) is 1. The summed E-state index contributed by atoms with van der Waals surface area (Å²) in [5.74, 6) is -0.772. The summed E-state index contributed by atoms with van der Waals surface area (Å²) >= 11 is 0. The number of ether oxygens (including phenoxy) is 2. The second-order valence-corrected chi connectivity index (χ2v) is 5.94. The first-order valence-corrected chi connectivity index (χ1v) is 8.21. The quantitative estimate of drug-likeness (QED) is 0.759. The van der Waals surface area contributed by atoms with Gasteiger partial charge in [-0.2, -0.15) is 0 Å². The van der Waals surface area contributed by atoms with Gasteiger partial charge < -0.3 is 19.9 Å². The molecule has 1 unspecified atom stereocenters. The third kappa shape index (κ3) is 4.21. The van der Waals surface area contributed by atoms with Crippen LogP contribution in [0.2, 0.25) is 0 Å². The van der Waals surface area contributed by atoms with E-state index in [0.29, 0.717) is 18.7 Å². The molecule has 1 amide bonds. The fraction of sp³-hybridized carbons (Fsp3) is 0.300. The van der Waals surface area contributed by atoms with Crippen molar-refractivity contribution in [3.8, 4) is 5.75 Å². The van der Waals surface area contributed by atoms with Crippen LogP contribution < -0.4 is 10.1 Å². The summed E-state index contributed by atoms with van der Waals surface area (Å²) in [6.45, 7) is 2.09. The highest BCUT2D eigenvalue weighted by Gasteiger charge is 2.34. The van der Waals surface area contributed by atoms with Crippen molar-refractivity contribution in [1.29, 1.82) is 0 Å². The summed E-state index contributed by atoms with van der Waals surface area (Å²) in [6, 6.07) is 14.0. The van der Waals surface area contributed by atoms with Gasteiger partial charge >= 0.3 is 5.97 Å². The maximum atomic E-state index is 12.6. The van der Waals surface area contributed by atoms with Crippen LogP contribution in [0.3, 0.4) is 0 Å². The summed E-state index contributed by atoms with van der Waals surface area (Å²) in [7, 11) is 2.99. The first-order chi connectivity index (χ1) is 12.4. The largest absolute Gasteiger partial charge is 0.496 e. The Bertz CT molecular complexity index is 775. The van der Waals surface area contributed by atoms with Crippen molar-refractivity contribution in [1.82, 2.24) is 5.32 Å². The molecule has 0 fully saturated rings. The Kier molecular flexibility index (Phi) is 6.36. The molecule has 0 aliphatic heterocycles. The van der Waals surface area contributed by atoms with Gasteiger partial charge in [0, 0.05) is 13.7 Å². The van der Waals surface area contributed by atoms with Gasteiger partial charge in [0.2, 0.25) is 0 Å². The van der Waals surface area contributed by atoms with E-state index in [1.54, 1.807) is 13.0 Å². The summed E-state index contributed by atoms with van der Waals surface area (Å²) in [4.78, 5) is 23.7. The number of benzene rings is 2.